The molecule has 0 aliphatic carbocycles. The summed E-state index contributed by atoms with van der Waals surface area (Å²) in [6.07, 6.45) is 0. The summed E-state index contributed by atoms with van der Waals surface area (Å²) in [7, 11) is 3.31. The first-order chi connectivity index (χ1) is 9.56. The van der Waals surface area contributed by atoms with Crippen molar-refractivity contribution in [2.45, 2.75) is 4.83 Å². The highest BCUT2D eigenvalue weighted by Crippen LogP contribution is 2.39. The normalized spacial score (nSPS) is 12.1. The van der Waals surface area contributed by atoms with E-state index in [0.717, 1.165) is 31.2 Å². The molecule has 2 aromatic rings. The number of alkyl halides is 1. The van der Waals surface area contributed by atoms with Crippen LogP contribution in [0.2, 0.25) is 5.02 Å². The average Bonchev–Trinajstić information content (AvgIpc) is 2.48. The lowest BCUT2D eigenvalue weighted by molar-refractivity contribution is 0.399. The zero-order chi connectivity index (χ0) is 14.7. The molecule has 2 nitrogen and oxygen atoms in total. The van der Waals surface area contributed by atoms with E-state index in [2.05, 4.69) is 38.5 Å². The van der Waals surface area contributed by atoms with Gasteiger partial charge in [-0.15, -0.1) is 0 Å². The molecule has 0 aromatic heterocycles. The number of rotatable bonds is 4. The third kappa shape index (κ3) is 3.40. The minimum atomic E-state index is -0.0120. The lowest BCUT2D eigenvalue weighted by atomic mass is 10.0. The van der Waals surface area contributed by atoms with Crippen LogP contribution in [0, 0.1) is 3.57 Å². The van der Waals surface area contributed by atoms with Gasteiger partial charge in [-0.05, 0) is 58.5 Å². The number of hydrogen-bond donors (Lipinski definition) is 0. The van der Waals surface area contributed by atoms with Gasteiger partial charge in [-0.1, -0.05) is 33.6 Å². The van der Waals surface area contributed by atoms with Crippen molar-refractivity contribution in [1.29, 1.82) is 0 Å². The van der Waals surface area contributed by atoms with Crippen molar-refractivity contribution < 1.29 is 9.47 Å². The summed E-state index contributed by atoms with van der Waals surface area (Å²) >= 11 is 12.1. The van der Waals surface area contributed by atoms with Gasteiger partial charge in [-0.2, -0.15) is 0 Å². The molecule has 0 N–H and O–H groups in total. The molecule has 5 heteroatoms. The molecule has 0 bridgehead atoms. The van der Waals surface area contributed by atoms with Crippen LogP contribution in [0.5, 0.6) is 11.5 Å². The van der Waals surface area contributed by atoms with Crippen molar-refractivity contribution in [1.82, 2.24) is 0 Å². The smallest absolute Gasteiger partial charge is 0.123 e. The van der Waals surface area contributed by atoms with E-state index in [1.165, 1.54) is 0 Å². The van der Waals surface area contributed by atoms with Gasteiger partial charge in [0.05, 0.1) is 24.1 Å². The fourth-order valence-electron chi connectivity index (χ4n) is 1.89. The zero-order valence-electron chi connectivity index (χ0n) is 11.0. The van der Waals surface area contributed by atoms with Gasteiger partial charge in [0.25, 0.3) is 0 Å². The number of hydrogen-bond acceptors (Lipinski definition) is 2. The van der Waals surface area contributed by atoms with Crippen molar-refractivity contribution in [3.8, 4) is 11.5 Å². The number of methoxy groups -OCH3 is 2. The monoisotopic (exact) mass is 466 g/mol. The first-order valence-corrected chi connectivity index (χ1v) is 8.25. The molecule has 0 fully saturated rings. The molecule has 0 aliphatic rings. The van der Waals surface area contributed by atoms with Gasteiger partial charge in [0.15, 0.2) is 0 Å². The van der Waals surface area contributed by atoms with E-state index >= 15 is 0 Å². The van der Waals surface area contributed by atoms with Crippen LogP contribution in [-0.2, 0) is 0 Å². The Morgan fingerprint density at radius 1 is 1.10 bits per heavy atom. The molecule has 0 spiro atoms. The lowest BCUT2D eigenvalue weighted by Crippen LogP contribution is -1.98. The van der Waals surface area contributed by atoms with Crippen molar-refractivity contribution >= 4 is 50.1 Å². The first kappa shape index (κ1) is 15.9. The van der Waals surface area contributed by atoms with Crippen LogP contribution in [0.1, 0.15) is 16.0 Å². The minimum absolute atomic E-state index is 0.0120. The third-order valence-electron chi connectivity index (χ3n) is 2.95. The molecule has 0 aliphatic heterocycles. The van der Waals surface area contributed by atoms with E-state index < -0.39 is 0 Å². The van der Waals surface area contributed by atoms with Crippen LogP contribution in [0.15, 0.2) is 36.4 Å². The molecular formula is C15H13BrClIO2. The van der Waals surface area contributed by atoms with E-state index in [0.29, 0.717) is 0 Å². The highest BCUT2D eigenvalue weighted by molar-refractivity contribution is 14.1. The molecule has 0 saturated carbocycles. The third-order valence-corrected chi connectivity index (χ3v) is 5.54. The van der Waals surface area contributed by atoms with Gasteiger partial charge in [-0.3, -0.25) is 0 Å². The van der Waals surface area contributed by atoms with Gasteiger partial charge in [0.2, 0.25) is 0 Å². The van der Waals surface area contributed by atoms with Crippen LogP contribution in [0.3, 0.4) is 0 Å². The summed E-state index contributed by atoms with van der Waals surface area (Å²) in [4.78, 5) is -0.0120. The Hall–Kier alpha value is -0.460. The maximum Gasteiger partial charge on any atom is 0.123 e. The van der Waals surface area contributed by atoms with E-state index in [9.17, 15) is 0 Å². The van der Waals surface area contributed by atoms with Crippen molar-refractivity contribution in [2.75, 3.05) is 14.2 Å². The fourth-order valence-corrected chi connectivity index (χ4v) is 3.05. The molecule has 1 atom stereocenters. The summed E-state index contributed by atoms with van der Waals surface area (Å²) in [5.74, 6) is 1.60. The number of benzene rings is 2. The summed E-state index contributed by atoms with van der Waals surface area (Å²) < 4.78 is 11.7. The van der Waals surface area contributed by atoms with Crippen LogP contribution >= 0.6 is 50.1 Å². The molecule has 2 aromatic carbocycles. The Bertz CT molecular complexity index is 619. The van der Waals surface area contributed by atoms with E-state index in [-0.39, 0.29) is 4.83 Å². The Balaban J connectivity index is 2.45. The standard InChI is InChI=1S/C15H13BrClIO2/c1-19-10-4-6-14(20-2)11(8-10)15(16)9-3-5-13(18)12(17)7-9/h3-8,15H,1-2H3. The highest BCUT2D eigenvalue weighted by Gasteiger charge is 2.17. The van der Waals surface area contributed by atoms with Gasteiger partial charge in [-0.25, -0.2) is 0 Å². The molecule has 106 valence electrons. The van der Waals surface area contributed by atoms with Gasteiger partial charge >= 0.3 is 0 Å². The van der Waals surface area contributed by atoms with E-state index in [1.807, 2.05) is 36.4 Å². The summed E-state index contributed by atoms with van der Waals surface area (Å²) in [6.45, 7) is 0. The van der Waals surface area contributed by atoms with Crippen LogP contribution in [-0.4, -0.2) is 14.2 Å². The summed E-state index contributed by atoms with van der Waals surface area (Å²) in [6, 6.07) is 11.7. The average molecular weight is 468 g/mol. The number of ether oxygens (including phenoxy) is 2. The minimum Gasteiger partial charge on any atom is -0.497 e. The maximum atomic E-state index is 6.19. The van der Waals surface area contributed by atoms with Crippen LogP contribution < -0.4 is 9.47 Å². The maximum absolute atomic E-state index is 6.19. The first-order valence-electron chi connectivity index (χ1n) is 5.87. The highest BCUT2D eigenvalue weighted by atomic mass is 127. The zero-order valence-corrected chi connectivity index (χ0v) is 15.5. The second-order valence-corrected chi connectivity index (χ2v) is 6.63. The SMILES string of the molecule is COc1ccc(OC)c(C(Br)c2ccc(I)c(Cl)c2)c1. The van der Waals surface area contributed by atoms with E-state index in [4.69, 9.17) is 21.1 Å². The molecule has 0 amide bonds. The van der Waals surface area contributed by atoms with Crippen LogP contribution in [0.4, 0.5) is 0 Å². The summed E-state index contributed by atoms with van der Waals surface area (Å²) in [5, 5.41) is 0.745. The van der Waals surface area contributed by atoms with Crippen LogP contribution in [0.25, 0.3) is 0 Å². The Morgan fingerprint density at radius 3 is 2.45 bits per heavy atom. The van der Waals surface area contributed by atoms with Gasteiger partial charge < -0.3 is 9.47 Å². The van der Waals surface area contributed by atoms with Gasteiger partial charge in [0, 0.05) is 9.13 Å². The second kappa shape index (κ2) is 7.00. The topological polar surface area (TPSA) is 18.5 Å². The predicted octanol–water partition coefficient (Wildman–Crippen LogP) is 5.45. The second-order valence-electron chi connectivity index (χ2n) is 4.14. The fraction of sp³-hybridized carbons (Fsp3) is 0.200. The molecule has 20 heavy (non-hydrogen) atoms. The van der Waals surface area contributed by atoms with Crippen molar-refractivity contribution in [3.63, 3.8) is 0 Å². The molecule has 1 unspecified atom stereocenters. The molecule has 0 heterocycles. The molecule has 2 rings (SSSR count). The molecule has 0 saturated heterocycles. The molecule has 0 radical (unpaired) electrons. The van der Waals surface area contributed by atoms with Crippen molar-refractivity contribution in [2.24, 2.45) is 0 Å². The largest absolute Gasteiger partial charge is 0.497 e. The summed E-state index contributed by atoms with van der Waals surface area (Å²) in [5.41, 5.74) is 2.08. The quantitative estimate of drug-likeness (QED) is 0.440. The van der Waals surface area contributed by atoms with Gasteiger partial charge in [0.1, 0.15) is 11.5 Å². The lowest BCUT2D eigenvalue weighted by Gasteiger charge is -2.16. The Morgan fingerprint density at radius 2 is 1.85 bits per heavy atom. The van der Waals surface area contributed by atoms with E-state index in [1.54, 1.807) is 14.2 Å². The number of halogens is 3. The van der Waals surface area contributed by atoms with Crippen molar-refractivity contribution in [3.05, 3.63) is 56.1 Å². The predicted molar refractivity (Wildman–Crippen MR) is 94.5 cm³/mol. The Kier molecular flexibility index (Phi) is 5.57. The molecular weight excluding hydrogens is 454 g/mol. The Labute approximate surface area is 145 Å².